The van der Waals surface area contributed by atoms with Gasteiger partial charge in [0.15, 0.2) is 0 Å². The number of hydrogen-bond acceptors (Lipinski definition) is 3. The number of unbranched alkanes of at least 4 members (excludes halogenated alkanes) is 8. The van der Waals surface area contributed by atoms with E-state index in [1.807, 2.05) is 18.2 Å². The van der Waals surface area contributed by atoms with Crippen LogP contribution in [0.2, 0.25) is 0 Å². The van der Waals surface area contributed by atoms with Crippen LogP contribution in [0.5, 0.6) is 5.75 Å². The fraction of sp³-hybridized carbons (Fsp3) is 0.400. The topological polar surface area (TPSA) is 90.5 Å². The van der Waals surface area contributed by atoms with Crippen molar-refractivity contribution in [3.8, 4) is 17.1 Å². The molecule has 0 amide bonds. The molecule has 3 aromatic rings. The highest BCUT2D eigenvalue weighted by atomic mass is 16.5. The Balaban J connectivity index is 1.35. The molecule has 6 heteroatoms. The van der Waals surface area contributed by atoms with Crippen molar-refractivity contribution in [2.75, 3.05) is 7.11 Å². The summed E-state index contributed by atoms with van der Waals surface area (Å²) < 4.78 is 5.60. The van der Waals surface area contributed by atoms with Crippen LogP contribution < -0.4 is 4.74 Å². The number of aromatic amines is 2. The number of carboxylic acid groups (broad SMARTS) is 1. The number of aliphatic imine (C=N–C) groups is 1. The number of carboxylic acids is 1. The number of rotatable bonds is 14. The molecule has 0 saturated carbocycles. The van der Waals surface area contributed by atoms with Crippen LogP contribution in [0.25, 0.3) is 28.4 Å². The second-order valence-electron chi connectivity index (χ2n) is 9.54. The third-order valence-electron chi connectivity index (χ3n) is 6.74. The summed E-state index contributed by atoms with van der Waals surface area (Å²) in [6.45, 7) is 2.26. The van der Waals surface area contributed by atoms with Gasteiger partial charge in [0.1, 0.15) is 5.75 Å². The smallest absolute Gasteiger partial charge is 0.335 e. The summed E-state index contributed by atoms with van der Waals surface area (Å²) in [6, 6.07) is 8.96. The lowest BCUT2D eigenvalue weighted by Crippen LogP contribution is -1.94. The molecular formula is C30H37N3O3. The van der Waals surface area contributed by atoms with E-state index < -0.39 is 5.97 Å². The Morgan fingerprint density at radius 3 is 2.39 bits per heavy atom. The first-order chi connectivity index (χ1) is 17.6. The van der Waals surface area contributed by atoms with Crippen LogP contribution in [0.1, 0.15) is 87.2 Å². The Morgan fingerprint density at radius 2 is 1.67 bits per heavy atom. The van der Waals surface area contributed by atoms with E-state index in [2.05, 4.69) is 29.0 Å². The van der Waals surface area contributed by atoms with Gasteiger partial charge < -0.3 is 19.8 Å². The van der Waals surface area contributed by atoms with Crippen LogP contribution in [-0.4, -0.2) is 33.9 Å². The number of allylic oxidation sites excluding steroid dienone is 2. The summed E-state index contributed by atoms with van der Waals surface area (Å²) in [6.07, 6.45) is 19.1. The van der Waals surface area contributed by atoms with Crippen molar-refractivity contribution in [2.24, 2.45) is 4.99 Å². The van der Waals surface area contributed by atoms with Gasteiger partial charge >= 0.3 is 5.97 Å². The number of H-pyrrole nitrogens is 2. The molecule has 4 rings (SSSR count). The standard InChI is InChI=1S/C30H37N3O3/c1-3-4-5-6-7-8-9-10-11-12-23-14-15-24(31-23)19-28-29(36-2)20-27(33-28)26-18-22-17-21(30(34)35)13-16-25(22)32-26/h13-20,32-33H,3-12H2,1-2H3,(H,34,35)/b24-19+. The van der Waals surface area contributed by atoms with E-state index in [4.69, 9.17) is 9.73 Å². The van der Waals surface area contributed by atoms with E-state index in [1.54, 1.807) is 25.3 Å². The van der Waals surface area contributed by atoms with E-state index in [-0.39, 0.29) is 5.56 Å². The molecule has 1 aromatic carbocycles. The summed E-state index contributed by atoms with van der Waals surface area (Å²) in [5.74, 6) is -0.198. The second kappa shape index (κ2) is 12.4. The number of nitrogens with one attached hydrogen (secondary N) is 2. The molecule has 0 unspecified atom stereocenters. The molecule has 0 aliphatic carbocycles. The summed E-state index contributed by atoms with van der Waals surface area (Å²) in [5.41, 5.74) is 5.79. The first kappa shape index (κ1) is 25.5. The molecule has 0 radical (unpaired) electrons. The van der Waals surface area contributed by atoms with Crippen molar-refractivity contribution in [1.82, 2.24) is 9.97 Å². The van der Waals surface area contributed by atoms with Crippen LogP contribution in [0.4, 0.5) is 0 Å². The van der Waals surface area contributed by atoms with Gasteiger partial charge in [-0.1, -0.05) is 58.3 Å². The van der Waals surface area contributed by atoms with Gasteiger partial charge in [-0.2, -0.15) is 0 Å². The maximum Gasteiger partial charge on any atom is 0.335 e. The van der Waals surface area contributed by atoms with Gasteiger partial charge in [0.05, 0.1) is 35.5 Å². The Labute approximate surface area is 213 Å². The number of hydrogen-bond donors (Lipinski definition) is 3. The van der Waals surface area contributed by atoms with Crippen LogP contribution >= 0.6 is 0 Å². The van der Waals surface area contributed by atoms with Gasteiger partial charge in [-0.3, -0.25) is 4.99 Å². The highest BCUT2D eigenvalue weighted by molar-refractivity contribution is 5.99. The van der Waals surface area contributed by atoms with Crippen LogP contribution in [0.15, 0.2) is 53.2 Å². The maximum absolute atomic E-state index is 11.3. The minimum absolute atomic E-state index is 0.270. The zero-order valence-electron chi connectivity index (χ0n) is 21.4. The van der Waals surface area contributed by atoms with Crippen molar-refractivity contribution in [2.45, 2.75) is 71.1 Å². The number of aromatic carboxylic acids is 1. The zero-order valence-corrected chi connectivity index (χ0v) is 21.4. The summed E-state index contributed by atoms with van der Waals surface area (Å²) in [5, 5.41) is 10.1. The molecule has 2 aromatic heterocycles. The lowest BCUT2D eigenvalue weighted by molar-refractivity contribution is 0.0697. The van der Waals surface area contributed by atoms with Crippen molar-refractivity contribution in [1.29, 1.82) is 0 Å². The Morgan fingerprint density at radius 1 is 0.944 bits per heavy atom. The van der Waals surface area contributed by atoms with Gasteiger partial charge in [-0.05, 0) is 55.3 Å². The fourth-order valence-electron chi connectivity index (χ4n) is 4.69. The predicted molar refractivity (Wildman–Crippen MR) is 148 cm³/mol. The monoisotopic (exact) mass is 487 g/mol. The summed E-state index contributed by atoms with van der Waals surface area (Å²) in [7, 11) is 1.66. The van der Waals surface area contributed by atoms with Crippen LogP contribution in [0.3, 0.4) is 0 Å². The van der Waals surface area contributed by atoms with Crippen molar-refractivity contribution in [3.63, 3.8) is 0 Å². The van der Waals surface area contributed by atoms with Crippen molar-refractivity contribution >= 4 is 28.7 Å². The second-order valence-corrected chi connectivity index (χ2v) is 9.54. The number of carbonyl (C=O) groups is 1. The fourth-order valence-corrected chi connectivity index (χ4v) is 4.69. The van der Waals surface area contributed by atoms with Crippen LogP contribution in [0, 0.1) is 0 Å². The lowest BCUT2D eigenvalue weighted by Gasteiger charge is -2.02. The molecule has 6 nitrogen and oxygen atoms in total. The van der Waals surface area contributed by atoms with E-state index in [0.29, 0.717) is 0 Å². The number of ether oxygens (including phenoxy) is 1. The molecule has 0 saturated heterocycles. The molecule has 0 atom stereocenters. The Hall–Kier alpha value is -3.54. The molecule has 0 fully saturated rings. The number of nitrogens with zero attached hydrogens (tertiary/aromatic N) is 1. The Kier molecular flexibility index (Phi) is 8.82. The van der Waals surface area contributed by atoms with Gasteiger partial charge in [0.2, 0.25) is 0 Å². The molecule has 1 aliphatic rings. The average Bonchev–Trinajstić information content (AvgIpc) is 3.60. The molecule has 1 aliphatic heterocycles. The third kappa shape index (κ3) is 6.56. The molecule has 36 heavy (non-hydrogen) atoms. The Bertz CT molecular complexity index is 1280. The highest BCUT2D eigenvalue weighted by Crippen LogP contribution is 2.31. The third-order valence-corrected chi connectivity index (χ3v) is 6.74. The van der Waals surface area contributed by atoms with Gasteiger partial charge in [0, 0.05) is 22.7 Å². The van der Waals surface area contributed by atoms with Crippen molar-refractivity contribution in [3.05, 3.63) is 59.4 Å². The van der Waals surface area contributed by atoms with Crippen LogP contribution in [-0.2, 0) is 0 Å². The SMILES string of the molecule is CCCCCCCCCCCC1=N/C(=C/c2[nH]c(-c3cc4cc(C(=O)O)ccc4[nH]3)cc2OC)C=C1. The summed E-state index contributed by atoms with van der Waals surface area (Å²) >= 11 is 0. The number of fused-ring (bicyclic) bond motifs is 1. The van der Waals surface area contributed by atoms with E-state index in [9.17, 15) is 9.90 Å². The first-order valence-corrected chi connectivity index (χ1v) is 13.2. The maximum atomic E-state index is 11.3. The van der Waals surface area contributed by atoms with E-state index in [0.717, 1.165) is 51.6 Å². The molecule has 190 valence electrons. The minimum Gasteiger partial charge on any atom is -0.494 e. The highest BCUT2D eigenvalue weighted by Gasteiger charge is 2.13. The average molecular weight is 488 g/mol. The van der Waals surface area contributed by atoms with E-state index >= 15 is 0 Å². The summed E-state index contributed by atoms with van der Waals surface area (Å²) in [4.78, 5) is 22.9. The van der Waals surface area contributed by atoms with Gasteiger partial charge in [-0.15, -0.1) is 0 Å². The predicted octanol–water partition coefficient (Wildman–Crippen LogP) is 8.14. The van der Waals surface area contributed by atoms with Crippen molar-refractivity contribution < 1.29 is 14.6 Å². The zero-order chi connectivity index (χ0) is 25.3. The quantitative estimate of drug-likeness (QED) is 0.200. The van der Waals surface area contributed by atoms with Gasteiger partial charge in [-0.25, -0.2) is 4.79 Å². The normalized spacial score (nSPS) is 14.2. The van der Waals surface area contributed by atoms with Gasteiger partial charge in [0.25, 0.3) is 0 Å². The molecule has 0 bridgehead atoms. The minimum atomic E-state index is -0.933. The largest absolute Gasteiger partial charge is 0.494 e. The number of benzene rings is 1. The molecule has 3 N–H and O–H groups in total. The molecule has 3 heterocycles. The van der Waals surface area contributed by atoms with E-state index in [1.165, 1.54) is 57.8 Å². The molecule has 0 spiro atoms. The number of aromatic nitrogens is 2. The molecular weight excluding hydrogens is 450 g/mol. The first-order valence-electron chi connectivity index (χ1n) is 13.2. The number of methoxy groups -OCH3 is 1. The lowest BCUT2D eigenvalue weighted by atomic mass is 10.1.